The lowest BCUT2D eigenvalue weighted by Gasteiger charge is -2.13. The number of methoxy groups -OCH3 is 2. The minimum Gasteiger partial charge on any atom is -0.469 e. The number of esters is 2. The molecule has 0 saturated heterocycles. The molecule has 0 aliphatic heterocycles. The first-order valence-electron chi connectivity index (χ1n) is 4.27. The number of Topliss-reactive ketones (excluding diaryl/α,β-unsaturated/α-hetero) is 1. The fourth-order valence-corrected chi connectivity index (χ4v) is 1.66. The van der Waals surface area contributed by atoms with Crippen LogP contribution in [0.2, 0.25) is 0 Å². The normalized spacial score (nSPS) is 26.0. The summed E-state index contributed by atoms with van der Waals surface area (Å²) in [5.41, 5.74) is 0. The Morgan fingerprint density at radius 2 is 1.43 bits per heavy atom. The molecule has 1 fully saturated rings. The van der Waals surface area contributed by atoms with Crippen LogP contribution in [0, 0.1) is 11.8 Å². The minimum absolute atomic E-state index is 0.0758. The van der Waals surface area contributed by atoms with Crippen molar-refractivity contribution in [3.05, 3.63) is 0 Å². The van der Waals surface area contributed by atoms with Crippen molar-refractivity contribution in [2.45, 2.75) is 12.8 Å². The highest BCUT2D eigenvalue weighted by molar-refractivity contribution is 5.95. The molecule has 14 heavy (non-hydrogen) atoms. The number of hydrogen-bond acceptors (Lipinski definition) is 5. The Bertz CT molecular complexity index is 244. The number of carbonyl (C=O) groups excluding carboxylic acids is 3. The molecule has 1 saturated carbocycles. The van der Waals surface area contributed by atoms with E-state index in [1.807, 2.05) is 0 Å². The van der Waals surface area contributed by atoms with Crippen molar-refractivity contribution in [3.8, 4) is 0 Å². The van der Waals surface area contributed by atoms with Crippen LogP contribution in [0.1, 0.15) is 12.8 Å². The second-order valence-corrected chi connectivity index (χ2v) is 3.21. The zero-order valence-electron chi connectivity index (χ0n) is 8.11. The second-order valence-electron chi connectivity index (χ2n) is 3.21. The van der Waals surface area contributed by atoms with Gasteiger partial charge >= 0.3 is 11.9 Å². The van der Waals surface area contributed by atoms with Crippen molar-refractivity contribution in [2.24, 2.45) is 11.8 Å². The van der Waals surface area contributed by atoms with E-state index in [9.17, 15) is 14.4 Å². The first-order valence-corrected chi connectivity index (χ1v) is 4.27. The number of ether oxygens (including phenoxy) is 2. The summed E-state index contributed by atoms with van der Waals surface area (Å²) in [6.45, 7) is 0. The van der Waals surface area contributed by atoms with Gasteiger partial charge in [0.05, 0.1) is 26.1 Å². The van der Waals surface area contributed by atoms with E-state index >= 15 is 0 Å². The first kappa shape index (κ1) is 10.7. The molecule has 0 N–H and O–H groups in total. The molecule has 78 valence electrons. The summed E-state index contributed by atoms with van der Waals surface area (Å²) in [6.07, 6.45) is 0.152. The van der Waals surface area contributed by atoms with E-state index in [-0.39, 0.29) is 18.6 Å². The summed E-state index contributed by atoms with van der Waals surface area (Å²) in [5.74, 6) is -2.48. The van der Waals surface area contributed by atoms with Gasteiger partial charge in [0.1, 0.15) is 5.78 Å². The Kier molecular flexibility index (Phi) is 3.22. The zero-order chi connectivity index (χ0) is 10.7. The molecule has 5 heteroatoms. The molecule has 0 bridgehead atoms. The van der Waals surface area contributed by atoms with Gasteiger partial charge in [-0.15, -0.1) is 0 Å². The molecule has 1 aliphatic carbocycles. The van der Waals surface area contributed by atoms with E-state index in [0.717, 1.165) is 0 Å². The van der Waals surface area contributed by atoms with Crippen molar-refractivity contribution in [3.63, 3.8) is 0 Å². The molecule has 0 aromatic carbocycles. The standard InChI is InChI=1S/C9H12O5/c1-13-8(11)6-3-5(10)4-7(6)9(12)14-2/h6-7H,3-4H2,1-2H3. The lowest BCUT2D eigenvalue weighted by molar-refractivity contribution is -0.156. The molecule has 1 aliphatic rings. The predicted octanol–water partition coefficient (Wildman–Crippen LogP) is -0.0723. The maximum absolute atomic E-state index is 11.2. The second kappa shape index (κ2) is 4.21. The third-order valence-electron chi connectivity index (χ3n) is 2.39. The van der Waals surface area contributed by atoms with Crippen LogP contribution in [-0.4, -0.2) is 31.9 Å². The van der Waals surface area contributed by atoms with Crippen molar-refractivity contribution in [1.29, 1.82) is 0 Å². The Labute approximate surface area is 81.4 Å². The van der Waals surface area contributed by atoms with Crippen LogP contribution >= 0.6 is 0 Å². The first-order chi connectivity index (χ1) is 6.60. The van der Waals surface area contributed by atoms with E-state index in [2.05, 4.69) is 9.47 Å². The summed E-state index contributed by atoms with van der Waals surface area (Å²) >= 11 is 0. The highest BCUT2D eigenvalue weighted by Crippen LogP contribution is 2.30. The summed E-state index contributed by atoms with van der Waals surface area (Å²) < 4.78 is 9.02. The topological polar surface area (TPSA) is 69.7 Å². The van der Waals surface area contributed by atoms with Crippen LogP contribution in [0.4, 0.5) is 0 Å². The van der Waals surface area contributed by atoms with Gasteiger partial charge in [0.15, 0.2) is 0 Å². The van der Waals surface area contributed by atoms with Gasteiger partial charge in [-0.1, -0.05) is 0 Å². The van der Waals surface area contributed by atoms with Crippen molar-refractivity contribution >= 4 is 17.7 Å². The average molecular weight is 200 g/mol. The van der Waals surface area contributed by atoms with Crippen LogP contribution in [-0.2, 0) is 23.9 Å². The molecule has 0 spiro atoms. The van der Waals surface area contributed by atoms with Crippen LogP contribution in [0.3, 0.4) is 0 Å². The Morgan fingerprint density at radius 1 is 1.07 bits per heavy atom. The van der Waals surface area contributed by atoms with E-state index < -0.39 is 23.8 Å². The SMILES string of the molecule is COC(=O)C1CC(=O)CC1C(=O)OC. The van der Waals surface area contributed by atoms with Gasteiger partial charge in [-0.3, -0.25) is 14.4 Å². The summed E-state index contributed by atoms with van der Waals surface area (Å²) in [4.78, 5) is 33.5. The molecular formula is C9H12O5. The fourth-order valence-electron chi connectivity index (χ4n) is 1.66. The summed E-state index contributed by atoms with van der Waals surface area (Å²) in [5, 5.41) is 0. The van der Waals surface area contributed by atoms with E-state index in [0.29, 0.717) is 0 Å². The maximum Gasteiger partial charge on any atom is 0.309 e. The van der Waals surface area contributed by atoms with Gasteiger partial charge in [0.2, 0.25) is 0 Å². The number of hydrogen-bond donors (Lipinski definition) is 0. The molecule has 2 atom stereocenters. The highest BCUT2D eigenvalue weighted by Gasteiger charge is 2.43. The molecule has 0 radical (unpaired) electrons. The van der Waals surface area contributed by atoms with Gasteiger partial charge in [0.25, 0.3) is 0 Å². The quantitative estimate of drug-likeness (QED) is 0.583. The van der Waals surface area contributed by atoms with Crippen LogP contribution in [0.5, 0.6) is 0 Å². The van der Waals surface area contributed by atoms with Crippen molar-refractivity contribution < 1.29 is 23.9 Å². The maximum atomic E-state index is 11.2. The summed E-state index contributed by atoms with van der Waals surface area (Å²) in [7, 11) is 2.47. The number of ketones is 1. The molecule has 0 amide bonds. The van der Waals surface area contributed by atoms with Crippen LogP contribution in [0.15, 0.2) is 0 Å². The molecule has 2 unspecified atom stereocenters. The molecule has 5 nitrogen and oxygen atoms in total. The van der Waals surface area contributed by atoms with Crippen LogP contribution < -0.4 is 0 Å². The monoisotopic (exact) mass is 200 g/mol. The fraction of sp³-hybridized carbons (Fsp3) is 0.667. The Balaban J connectivity index is 2.77. The lowest BCUT2D eigenvalue weighted by Crippen LogP contribution is -2.27. The van der Waals surface area contributed by atoms with Crippen molar-refractivity contribution in [2.75, 3.05) is 14.2 Å². The van der Waals surface area contributed by atoms with E-state index in [4.69, 9.17) is 0 Å². The average Bonchev–Trinajstić information content (AvgIpc) is 2.58. The number of carbonyl (C=O) groups is 3. The Morgan fingerprint density at radius 3 is 1.71 bits per heavy atom. The van der Waals surface area contributed by atoms with E-state index in [1.165, 1.54) is 14.2 Å². The van der Waals surface area contributed by atoms with Gasteiger partial charge in [-0.05, 0) is 0 Å². The van der Waals surface area contributed by atoms with E-state index in [1.54, 1.807) is 0 Å². The molecule has 0 heterocycles. The van der Waals surface area contributed by atoms with Gasteiger partial charge in [-0.25, -0.2) is 0 Å². The lowest BCUT2D eigenvalue weighted by atomic mass is 9.96. The summed E-state index contributed by atoms with van der Waals surface area (Å²) in [6, 6.07) is 0. The largest absolute Gasteiger partial charge is 0.469 e. The van der Waals surface area contributed by atoms with Gasteiger partial charge in [0, 0.05) is 12.8 Å². The van der Waals surface area contributed by atoms with Crippen molar-refractivity contribution in [1.82, 2.24) is 0 Å². The third-order valence-corrected chi connectivity index (χ3v) is 2.39. The zero-order valence-corrected chi connectivity index (χ0v) is 8.11. The highest BCUT2D eigenvalue weighted by atomic mass is 16.5. The number of rotatable bonds is 2. The van der Waals surface area contributed by atoms with Gasteiger partial charge < -0.3 is 9.47 Å². The van der Waals surface area contributed by atoms with Gasteiger partial charge in [-0.2, -0.15) is 0 Å². The minimum atomic E-state index is -0.667. The smallest absolute Gasteiger partial charge is 0.309 e. The third kappa shape index (κ3) is 1.92. The molecular weight excluding hydrogens is 188 g/mol. The molecule has 1 rings (SSSR count). The predicted molar refractivity (Wildman–Crippen MR) is 45.3 cm³/mol. The Hall–Kier alpha value is -1.39. The van der Waals surface area contributed by atoms with Crippen LogP contribution in [0.25, 0.3) is 0 Å². The molecule has 0 aromatic rings. The molecule has 0 aromatic heterocycles.